The number of carbonyl (C=O) groups is 2. The zero-order valence-electron chi connectivity index (χ0n) is 17.9. The largest absolute Gasteiger partial charge is 0.295 e. The highest BCUT2D eigenvalue weighted by atomic mass is 79.9. The van der Waals surface area contributed by atoms with Crippen molar-refractivity contribution in [2.45, 2.75) is 5.37 Å². The number of hydrogen-bond acceptors (Lipinski definition) is 7. The van der Waals surface area contributed by atoms with Crippen LogP contribution in [0.25, 0.3) is 11.3 Å². The molecular formula is C24H16BrN5O4S. The van der Waals surface area contributed by atoms with Gasteiger partial charge in [0.25, 0.3) is 11.6 Å². The highest BCUT2D eigenvalue weighted by Crippen LogP contribution is 2.45. The number of nitro benzene ring substituents is 1. The monoisotopic (exact) mass is 549 g/mol. The maximum Gasteiger partial charge on any atom is 0.278 e. The van der Waals surface area contributed by atoms with Gasteiger partial charge in [-0.15, -0.1) is 11.8 Å². The van der Waals surface area contributed by atoms with Gasteiger partial charge in [0.05, 0.1) is 16.4 Å². The molecule has 1 fully saturated rings. The SMILES string of the molecule is O=C1CSC(c2cn(C(=O)c3ccncc3)nc2-c2ccc(Br)cc2)N1c1ccc([N+](=O)[O-])cc1. The number of halogens is 1. The van der Waals surface area contributed by atoms with Crippen molar-refractivity contribution in [2.75, 3.05) is 10.7 Å². The number of hydrogen-bond donors (Lipinski definition) is 0. The Balaban J connectivity index is 1.60. The first kappa shape index (κ1) is 22.9. The summed E-state index contributed by atoms with van der Waals surface area (Å²) in [5.41, 5.74) is 2.94. The molecule has 0 saturated carbocycles. The van der Waals surface area contributed by atoms with Gasteiger partial charge in [-0.3, -0.25) is 29.6 Å². The quantitative estimate of drug-likeness (QED) is 0.252. The van der Waals surface area contributed by atoms with Crippen molar-refractivity contribution in [3.8, 4) is 11.3 Å². The van der Waals surface area contributed by atoms with Gasteiger partial charge >= 0.3 is 0 Å². The summed E-state index contributed by atoms with van der Waals surface area (Å²) in [6.07, 6.45) is 4.72. The first-order chi connectivity index (χ1) is 16.9. The van der Waals surface area contributed by atoms with Crippen LogP contribution in [-0.4, -0.2) is 37.3 Å². The molecule has 9 nitrogen and oxygen atoms in total. The molecule has 174 valence electrons. The fourth-order valence-electron chi connectivity index (χ4n) is 3.80. The van der Waals surface area contributed by atoms with Crippen LogP contribution in [0, 0.1) is 10.1 Å². The zero-order valence-corrected chi connectivity index (χ0v) is 20.3. The van der Waals surface area contributed by atoms with Gasteiger partial charge in [0, 0.05) is 57.6 Å². The summed E-state index contributed by atoms with van der Waals surface area (Å²) in [5.74, 6) is -0.234. The number of carbonyl (C=O) groups excluding carboxylic acids is 2. The lowest BCUT2D eigenvalue weighted by Gasteiger charge is -2.24. The molecule has 1 saturated heterocycles. The molecule has 4 aromatic rings. The van der Waals surface area contributed by atoms with E-state index in [4.69, 9.17) is 0 Å². The highest BCUT2D eigenvalue weighted by Gasteiger charge is 2.37. The van der Waals surface area contributed by atoms with Gasteiger partial charge in [-0.2, -0.15) is 5.10 Å². The minimum absolute atomic E-state index is 0.0593. The molecule has 0 bridgehead atoms. The predicted octanol–water partition coefficient (Wildman–Crippen LogP) is 5.08. The lowest BCUT2D eigenvalue weighted by molar-refractivity contribution is -0.384. The lowest BCUT2D eigenvalue weighted by atomic mass is 10.1. The number of amides is 1. The van der Waals surface area contributed by atoms with Gasteiger partial charge in [0.1, 0.15) is 5.37 Å². The zero-order chi connectivity index (χ0) is 24.5. The third-order valence-corrected chi connectivity index (χ3v) is 7.19. The maximum atomic E-state index is 13.1. The summed E-state index contributed by atoms with van der Waals surface area (Å²) < 4.78 is 2.17. The highest BCUT2D eigenvalue weighted by molar-refractivity contribution is 9.10. The van der Waals surface area contributed by atoms with Gasteiger partial charge in [0.15, 0.2) is 0 Å². The van der Waals surface area contributed by atoms with E-state index < -0.39 is 10.3 Å². The standard InChI is InChI=1S/C24H16BrN5O4S/c25-17-3-1-15(2-4-17)22-20(13-28(27-22)23(32)16-9-11-26-12-10-16)24-29(21(31)14-35-24)18-5-7-19(8-6-18)30(33)34/h1-13,24H,14H2. The summed E-state index contributed by atoms with van der Waals surface area (Å²) in [6, 6.07) is 16.6. The summed E-state index contributed by atoms with van der Waals surface area (Å²) in [4.78, 5) is 42.2. The third-order valence-electron chi connectivity index (χ3n) is 5.47. The molecule has 1 unspecified atom stereocenters. The van der Waals surface area contributed by atoms with Gasteiger partial charge in [0.2, 0.25) is 5.91 Å². The summed E-state index contributed by atoms with van der Waals surface area (Å²) in [6.45, 7) is 0. The molecular weight excluding hydrogens is 534 g/mol. The number of thioether (sulfide) groups is 1. The topological polar surface area (TPSA) is 111 Å². The summed E-state index contributed by atoms with van der Waals surface area (Å²) in [7, 11) is 0. The maximum absolute atomic E-state index is 13.1. The van der Waals surface area contributed by atoms with Gasteiger partial charge < -0.3 is 0 Å². The molecule has 1 atom stereocenters. The smallest absolute Gasteiger partial charge is 0.278 e. The van der Waals surface area contributed by atoms with E-state index in [-0.39, 0.29) is 23.3 Å². The fourth-order valence-corrected chi connectivity index (χ4v) is 5.24. The van der Waals surface area contributed by atoms with Crippen LogP contribution in [0.4, 0.5) is 11.4 Å². The van der Waals surface area contributed by atoms with Gasteiger partial charge in [-0.1, -0.05) is 28.1 Å². The molecule has 2 aromatic heterocycles. The Kier molecular flexibility index (Phi) is 6.18. The molecule has 3 heterocycles. The number of anilines is 1. The average molecular weight is 550 g/mol. The second-order valence-electron chi connectivity index (χ2n) is 7.63. The number of nitrogens with zero attached hydrogens (tertiary/aromatic N) is 5. The molecule has 1 aliphatic rings. The minimum atomic E-state index is -0.484. The second-order valence-corrected chi connectivity index (χ2v) is 9.61. The number of aromatic nitrogens is 3. The molecule has 5 rings (SSSR count). The van der Waals surface area contributed by atoms with Gasteiger partial charge in [-0.05, 0) is 36.4 Å². The molecule has 35 heavy (non-hydrogen) atoms. The van der Waals surface area contributed by atoms with Crippen molar-refractivity contribution in [1.82, 2.24) is 14.8 Å². The van der Waals surface area contributed by atoms with Crippen LogP contribution >= 0.6 is 27.7 Å². The lowest BCUT2D eigenvalue weighted by Crippen LogP contribution is -2.27. The molecule has 0 N–H and O–H groups in total. The van der Waals surface area contributed by atoms with Crippen LogP contribution in [0.15, 0.2) is 83.7 Å². The van der Waals surface area contributed by atoms with E-state index in [1.54, 1.807) is 35.4 Å². The van der Waals surface area contributed by atoms with E-state index in [0.717, 1.165) is 10.0 Å². The number of pyridine rings is 1. The van der Waals surface area contributed by atoms with E-state index in [9.17, 15) is 19.7 Å². The van der Waals surface area contributed by atoms with Crippen LogP contribution in [0.5, 0.6) is 0 Å². The molecule has 0 aliphatic carbocycles. The van der Waals surface area contributed by atoms with E-state index in [0.29, 0.717) is 22.5 Å². The van der Waals surface area contributed by atoms with Crippen LogP contribution < -0.4 is 4.90 Å². The van der Waals surface area contributed by atoms with E-state index in [2.05, 4.69) is 26.0 Å². The minimum Gasteiger partial charge on any atom is -0.295 e. The van der Waals surface area contributed by atoms with Crippen molar-refractivity contribution in [3.05, 3.63) is 105 Å². The Bertz CT molecular complexity index is 1420. The van der Waals surface area contributed by atoms with E-state index >= 15 is 0 Å². The first-order valence-corrected chi connectivity index (χ1v) is 12.2. The second kappa shape index (κ2) is 9.43. The van der Waals surface area contributed by atoms with E-state index in [1.165, 1.54) is 41.0 Å². The normalized spacial score (nSPS) is 15.4. The molecule has 2 aromatic carbocycles. The van der Waals surface area contributed by atoms with Crippen molar-refractivity contribution < 1.29 is 14.5 Å². The van der Waals surface area contributed by atoms with Crippen LogP contribution in [0.3, 0.4) is 0 Å². The Labute approximate surface area is 212 Å². The fraction of sp³-hybridized carbons (Fsp3) is 0.0833. The molecule has 1 aliphatic heterocycles. The third kappa shape index (κ3) is 4.47. The van der Waals surface area contributed by atoms with Crippen LogP contribution in [0.1, 0.15) is 21.3 Å². The van der Waals surface area contributed by atoms with Crippen molar-refractivity contribution in [3.63, 3.8) is 0 Å². The molecule has 0 radical (unpaired) electrons. The summed E-state index contributed by atoms with van der Waals surface area (Å²) >= 11 is 4.84. The average Bonchev–Trinajstić information content (AvgIpc) is 3.48. The molecule has 1 amide bonds. The predicted molar refractivity (Wildman–Crippen MR) is 135 cm³/mol. The van der Waals surface area contributed by atoms with E-state index in [1.807, 2.05) is 24.3 Å². The first-order valence-electron chi connectivity index (χ1n) is 10.4. The Morgan fingerprint density at radius 3 is 2.40 bits per heavy atom. The summed E-state index contributed by atoms with van der Waals surface area (Å²) in [5, 5.41) is 15.2. The van der Waals surface area contributed by atoms with Crippen LogP contribution in [0.2, 0.25) is 0 Å². The Morgan fingerprint density at radius 2 is 1.74 bits per heavy atom. The van der Waals surface area contributed by atoms with Crippen LogP contribution in [-0.2, 0) is 4.79 Å². The number of non-ortho nitro benzene ring substituents is 1. The molecule has 11 heteroatoms. The number of rotatable bonds is 5. The Hall–Kier alpha value is -3.83. The number of benzene rings is 2. The number of nitro groups is 1. The van der Waals surface area contributed by atoms with Gasteiger partial charge in [-0.25, -0.2) is 4.68 Å². The Morgan fingerprint density at radius 1 is 1.06 bits per heavy atom. The van der Waals surface area contributed by atoms with Crippen molar-refractivity contribution in [2.24, 2.45) is 0 Å². The van der Waals surface area contributed by atoms with Crippen molar-refractivity contribution >= 4 is 50.9 Å². The van der Waals surface area contributed by atoms with Crippen molar-refractivity contribution in [1.29, 1.82) is 0 Å². The molecule has 0 spiro atoms.